The number of rotatable bonds is 9. The highest BCUT2D eigenvalue weighted by molar-refractivity contribution is 6.63. The van der Waals surface area contributed by atoms with Crippen molar-refractivity contribution in [1.82, 2.24) is 5.32 Å². The summed E-state index contributed by atoms with van der Waals surface area (Å²) >= 11 is 0. The Labute approximate surface area is 100 Å². The molecule has 17 heavy (non-hydrogen) atoms. The second-order valence-corrected chi connectivity index (χ2v) is 7.09. The molecule has 5 N–H and O–H groups in total. The number of hydrogen-bond acceptors (Lipinski definition) is 5. The van der Waals surface area contributed by atoms with Gasteiger partial charge in [0, 0.05) is 6.54 Å². The van der Waals surface area contributed by atoms with Gasteiger partial charge in [-0.15, -0.1) is 0 Å². The van der Waals surface area contributed by atoms with Gasteiger partial charge in [-0.05, 0) is 25.6 Å². The number of carbonyl (C=O) groups is 2. The Hall–Kier alpha value is -0.963. The molecule has 0 fully saturated rings. The molecule has 100 valence electrons. The molecule has 0 aliphatic heterocycles. The standard InChI is InChI=1S/C9H19NO6Si/c1-17(15,16)4-2-3-10-6-7(9(13)14)5-8(11)12/h7,10,15-16H,2-6H2,1H3,(H,11,12)(H,13,14). The van der Waals surface area contributed by atoms with E-state index in [9.17, 15) is 9.59 Å². The van der Waals surface area contributed by atoms with Gasteiger partial charge in [-0.3, -0.25) is 9.59 Å². The molecule has 0 heterocycles. The van der Waals surface area contributed by atoms with Gasteiger partial charge in [0.05, 0.1) is 12.3 Å². The van der Waals surface area contributed by atoms with Crippen LogP contribution in [0.3, 0.4) is 0 Å². The summed E-state index contributed by atoms with van der Waals surface area (Å²) in [5, 5.41) is 20.0. The molecule has 1 unspecified atom stereocenters. The summed E-state index contributed by atoms with van der Waals surface area (Å²) in [6.07, 6.45) is 0.101. The van der Waals surface area contributed by atoms with Gasteiger partial charge in [0.15, 0.2) is 0 Å². The van der Waals surface area contributed by atoms with Crippen LogP contribution in [0.1, 0.15) is 12.8 Å². The molecule has 7 nitrogen and oxygen atoms in total. The molecule has 0 saturated carbocycles. The molecule has 0 aromatic rings. The predicted octanol–water partition coefficient (Wildman–Crippen LogP) is -0.802. The molecule has 0 radical (unpaired) electrons. The van der Waals surface area contributed by atoms with Crippen LogP contribution in [0.5, 0.6) is 0 Å². The molecule has 1 atom stereocenters. The van der Waals surface area contributed by atoms with E-state index in [2.05, 4.69) is 5.32 Å². The van der Waals surface area contributed by atoms with Gasteiger partial charge < -0.3 is 25.1 Å². The average molecular weight is 265 g/mol. The first kappa shape index (κ1) is 16.0. The minimum absolute atomic E-state index is 0.0662. The van der Waals surface area contributed by atoms with E-state index in [1.54, 1.807) is 0 Å². The fourth-order valence-electron chi connectivity index (χ4n) is 1.28. The normalized spacial score (nSPS) is 13.4. The van der Waals surface area contributed by atoms with Crippen LogP contribution in [0.25, 0.3) is 0 Å². The van der Waals surface area contributed by atoms with Gasteiger partial charge >= 0.3 is 20.5 Å². The molecule has 0 spiro atoms. The first-order chi connectivity index (χ1) is 7.72. The molecule has 0 aliphatic carbocycles. The Morgan fingerprint density at radius 3 is 2.29 bits per heavy atom. The zero-order chi connectivity index (χ0) is 13.5. The highest BCUT2D eigenvalue weighted by atomic mass is 28.4. The highest BCUT2D eigenvalue weighted by Gasteiger charge is 2.22. The van der Waals surface area contributed by atoms with Crippen LogP contribution >= 0.6 is 0 Å². The fraction of sp³-hybridized carbons (Fsp3) is 0.778. The lowest BCUT2D eigenvalue weighted by atomic mass is 10.1. The van der Waals surface area contributed by atoms with Crippen LogP contribution in [0.15, 0.2) is 0 Å². The molecule has 0 rings (SSSR count). The summed E-state index contributed by atoms with van der Waals surface area (Å²) in [7, 11) is -3.03. The predicted molar refractivity (Wildman–Crippen MR) is 61.7 cm³/mol. The third kappa shape index (κ3) is 9.94. The summed E-state index contributed by atoms with van der Waals surface area (Å²) < 4.78 is 0. The van der Waals surface area contributed by atoms with Gasteiger partial charge in [-0.2, -0.15) is 0 Å². The number of nitrogens with one attached hydrogen (secondary N) is 1. The molecule has 0 aromatic heterocycles. The largest absolute Gasteiger partial charge is 0.481 e. The minimum atomic E-state index is -3.03. The molecule has 8 heteroatoms. The van der Waals surface area contributed by atoms with Crippen molar-refractivity contribution in [2.45, 2.75) is 25.4 Å². The second-order valence-electron chi connectivity index (χ2n) is 4.16. The molecule has 0 saturated heterocycles. The zero-order valence-corrected chi connectivity index (χ0v) is 10.7. The Kier molecular flexibility index (Phi) is 6.96. The molecule has 0 bridgehead atoms. The van der Waals surface area contributed by atoms with Crippen LogP contribution < -0.4 is 5.32 Å². The van der Waals surface area contributed by atoms with Crippen molar-refractivity contribution in [3.63, 3.8) is 0 Å². The molecular formula is C9H19NO6Si. The highest BCUT2D eigenvalue weighted by Crippen LogP contribution is 2.04. The van der Waals surface area contributed by atoms with E-state index in [0.717, 1.165) is 0 Å². The lowest BCUT2D eigenvalue weighted by Gasteiger charge is -2.13. The van der Waals surface area contributed by atoms with E-state index < -0.39 is 32.8 Å². The van der Waals surface area contributed by atoms with Crippen LogP contribution in [0, 0.1) is 5.92 Å². The Balaban J connectivity index is 3.76. The maximum atomic E-state index is 10.7. The van der Waals surface area contributed by atoms with Crippen molar-refractivity contribution in [2.75, 3.05) is 13.1 Å². The van der Waals surface area contributed by atoms with Crippen LogP contribution in [0.2, 0.25) is 12.6 Å². The number of aliphatic carboxylic acids is 2. The smallest absolute Gasteiger partial charge is 0.329 e. The number of carboxylic acid groups (broad SMARTS) is 2. The van der Waals surface area contributed by atoms with Gasteiger partial charge in [0.1, 0.15) is 0 Å². The summed E-state index contributed by atoms with van der Waals surface area (Å²) in [5.41, 5.74) is 0. The van der Waals surface area contributed by atoms with Crippen molar-refractivity contribution >= 4 is 20.5 Å². The van der Waals surface area contributed by atoms with E-state index in [-0.39, 0.29) is 6.54 Å². The average Bonchev–Trinajstić information content (AvgIpc) is 2.12. The van der Waals surface area contributed by atoms with E-state index in [1.807, 2.05) is 0 Å². The SMILES string of the molecule is C[Si](O)(O)CCCNCC(CC(=O)O)C(=O)O. The van der Waals surface area contributed by atoms with E-state index in [4.69, 9.17) is 19.8 Å². The Morgan fingerprint density at radius 2 is 1.88 bits per heavy atom. The lowest BCUT2D eigenvalue weighted by Crippen LogP contribution is -2.33. The van der Waals surface area contributed by atoms with Gasteiger partial charge in [0.25, 0.3) is 0 Å². The summed E-state index contributed by atoms with van der Waals surface area (Å²) in [5.74, 6) is -3.26. The van der Waals surface area contributed by atoms with Crippen LogP contribution in [-0.4, -0.2) is 53.4 Å². The molecule has 0 amide bonds. The second kappa shape index (κ2) is 7.38. The van der Waals surface area contributed by atoms with Crippen molar-refractivity contribution in [3.05, 3.63) is 0 Å². The number of hydrogen-bond donors (Lipinski definition) is 5. The van der Waals surface area contributed by atoms with Gasteiger partial charge in [0.2, 0.25) is 0 Å². The summed E-state index contributed by atoms with van der Waals surface area (Å²) in [6.45, 7) is 1.90. The maximum absolute atomic E-state index is 10.7. The molecular weight excluding hydrogens is 246 g/mol. The van der Waals surface area contributed by atoms with Crippen molar-refractivity contribution in [1.29, 1.82) is 0 Å². The van der Waals surface area contributed by atoms with Crippen molar-refractivity contribution < 1.29 is 29.4 Å². The quantitative estimate of drug-likeness (QED) is 0.273. The van der Waals surface area contributed by atoms with Crippen LogP contribution in [0.4, 0.5) is 0 Å². The monoisotopic (exact) mass is 265 g/mol. The molecule has 0 aliphatic rings. The van der Waals surface area contributed by atoms with E-state index in [0.29, 0.717) is 19.0 Å². The van der Waals surface area contributed by atoms with Crippen LogP contribution in [-0.2, 0) is 9.59 Å². The van der Waals surface area contributed by atoms with E-state index in [1.165, 1.54) is 6.55 Å². The summed E-state index contributed by atoms with van der Waals surface area (Å²) in [6, 6.07) is 0.302. The zero-order valence-electron chi connectivity index (χ0n) is 9.72. The summed E-state index contributed by atoms with van der Waals surface area (Å²) in [4.78, 5) is 39.3. The number of carboxylic acids is 2. The van der Waals surface area contributed by atoms with Gasteiger partial charge in [-0.1, -0.05) is 0 Å². The maximum Gasteiger partial charge on any atom is 0.329 e. The van der Waals surface area contributed by atoms with Crippen molar-refractivity contribution in [3.8, 4) is 0 Å². The Bertz CT molecular complexity index is 265. The third-order valence-corrected chi connectivity index (χ3v) is 3.47. The minimum Gasteiger partial charge on any atom is -0.481 e. The first-order valence-corrected chi connectivity index (χ1v) is 7.92. The first-order valence-electron chi connectivity index (χ1n) is 5.32. The third-order valence-electron chi connectivity index (χ3n) is 2.16. The van der Waals surface area contributed by atoms with Crippen molar-refractivity contribution in [2.24, 2.45) is 5.92 Å². The topological polar surface area (TPSA) is 127 Å². The van der Waals surface area contributed by atoms with E-state index >= 15 is 0 Å². The Morgan fingerprint density at radius 1 is 1.29 bits per heavy atom. The molecule has 0 aromatic carbocycles. The fourth-order valence-corrected chi connectivity index (χ4v) is 2.13. The van der Waals surface area contributed by atoms with Gasteiger partial charge in [-0.25, -0.2) is 0 Å². The lowest BCUT2D eigenvalue weighted by molar-refractivity contribution is -0.148.